The van der Waals surface area contributed by atoms with Gasteiger partial charge in [-0.25, -0.2) is 0 Å². The molecular formula is C9H17BN3. The summed E-state index contributed by atoms with van der Waals surface area (Å²) < 4.78 is 0. The van der Waals surface area contributed by atoms with Gasteiger partial charge in [0.1, 0.15) is 5.84 Å². The van der Waals surface area contributed by atoms with E-state index in [1.165, 1.54) is 18.6 Å². The molecule has 0 bridgehead atoms. The molecule has 13 heavy (non-hydrogen) atoms. The van der Waals surface area contributed by atoms with Gasteiger partial charge in [0, 0.05) is 14.1 Å². The highest BCUT2D eigenvalue weighted by Crippen LogP contribution is 2.21. The van der Waals surface area contributed by atoms with E-state index >= 15 is 0 Å². The lowest BCUT2D eigenvalue weighted by atomic mass is 9.89. The van der Waals surface area contributed by atoms with E-state index in [-0.39, 0.29) is 8.41 Å². The molecule has 0 amide bonds. The summed E-state index contributed by atoms with van der Waals surface area (Å²) in [4.78, 5) is 0. The smallest absolute Gasteiger partial charge is 0.119 e. The third-order valence-corrected chi connectivity index (χ3v) is 2.10. The standard InChI is InChI=1S/C9H17N3.B/c1-7-4-3-5-9(6-7)12-11-8(2)10;/h7H,3-6H2,1-2H3,(H2,10,11);/b12-9-;. The second-order valence-electron chi connectivity index (χ2n) is 3.61. The Bertz CT molecular complexity index is 207. The quantitative estimate of drug-likeness (QED) is 0.281. The molecule has 1 atom stereocenters. The fourth-order valence-electron chi connectivity index (χ4n) is 1.50. The number of hydrogen-bond acceptors (Lipinski definition) is 2. The van der Waals surface area contributed by atoms with Gasteiger partial charge < -0.3 is 5.73 Å². The Morgan fingerprint density at radius 2 is 2.23 bits per heavy atom. The first-order valence-electron chi connectivity index (χ1n) is 4.54. The van der Waals surface area contributed by atoms with Crippen molar-refractivity contribution in [2.75, 3.05) is 0 Å². The van der Waals surface area contributed by atoms with Crippen LogP contribution in [-0.4, -0.2) is 20.0 Å². The summed E-state index contributed by atoms with van der Waals surface area (Å²) in [7, 11) is 0. The van der Waals surface area contributed by atoms with E-state index in [2.05, 4.69) is 17.1 Å². The SMILES string of the molecule is C/C(N)=N/N=C1/CCCC(C)C1.[B]. The van der Waals surface area contributed by atoms with E-state index in [1.807, 2.05) is 0 Å². The van der Waals surface area contributed by atoms with Crippen LogP contribution in [0.2, 0.25) is 0 Å². The normalized spacial score (nSPS) is 27.1. The third-order valence-electron chi connectivity index (χ3n) is 2.10. The molecule has 4 heteroatoms. The summed E-state index contributed by atoms with van der Waals surface area (Å²) in [5, 5.41) is 7.98. The lowest BCUT2D eigenvalue weighted by Crippen LogP contribution is -2.13. The monoisotopic (exact) mass is 178 g/mol. The Morgan fingerprint density at radius 1 is 1.54 bits per heavy atom. The van der Waals surface area contributed by atoms with Gasteiger partial charge >= 0.3 is 0 Å². The zero-order chi connectivity index (χ0) is 8.97. The zero-order valence-corrected chi connectivity index (χ0v) is 8.45. The lowest BCUT2D eigenvalue weighted by molar-refractivity contribution is 0.499. The number of amidine groups is 1. The van der Waals surface area contributed by atoms with Crippen molar-refractivity contribution in [1.82, 2.24) is 0 Å². The van der Waals surface area contributed by atoms with Gasteiger partial charge in [0.05, 0.1) is 0 Å². The van der Waals surface area contributed by atoms with Crippen molar-refractivity contribution in [3.05, 3.63) is 0 Å². The Labute approximate surface area is 82.1 Å². The summed E-state index contributed by atoms with van der Waals surface area (Å²) in [5.74, 6) is 1.31. The Kier molecular flexibility index (Phi) is 5.43. The van der Waals surface area contributed by atoms with E-state index in [1.54, 1.807) is 6.92 Å². The van der Waals surface area contributed by atoms with Gasteiger partial charge in [-0.3, -0.25) is 0 Å². The molecule has 0 aromatic rings. The van der Waals surface area contributed by atoms with Gasteiger partial charge in [-0.05, 0) is 38.5 Å². The molecule has 0 heterocycles. The number of nitrogens with zero attached hydrogens (tertiary/aromatic N) is 2. The summed E-state index contributed by atoms with van der Waals surface area (Å²) in [5.41, 5.74) is 6.59. The molecule has 1 fully saturated rings. The summed E-state index contributed by atoms with van der Waals surface area (Å²) in [6, 6.07) is 0. The number of nitrogens with two attached hydrogens (primary N) is 1. The molecule has 0 aromatic carbocycles. The van der Waals surface area contributed by atoms with Crippen molar-refractivity contribution >= 4 is 20.0 Å². The van der Waals surface area contributed by atoms with Crippen molar-refractivity contribution < 1.29 is 0 Å². The van der Waals surface area contributed by atoms with Gasteiger partial charge in [0.25, 0.3) is 0 Å². The molecule has 0 aliphatic heterocycles. The van der Waals surface area contributed by atoms with Gasteiger partial charge in [-0.1, -0.05) is 6.92 Å². The molecule has 0 aromatic heterocycles. The lowest BCUT2D eigenvalue weighted by Gasteiger charge is -2.17. The van der Waals surface area contributed by atoms with Crippen LogP contribution in [-0.2, 0) is 0 Å². The largest absolute Gasteiger partial charge is 0.386 e. The van der Waals surface area contributed by atoms with Crippen LogP contribution in [0.15, 0.2) is 10.2 Å². The maximum absolute atomic E-state index is 5.39. The highest BCUT2D eigenvalue weighted by atomic mass is 15.2. The van der Waals surface area contributed by atoms with Crippen LogP contribution in [0.4, 0.5) is 0 Å². The summed E-state index contributed by atoms with van der Waals surface area (Å²) in [6.45, 7) is 4.02. The first-order chi connectivity index (χ1) is 5.68. The zero-order valence-electron chi connectivity index (χ0n) is 8.45. The molecule has 0 spiro atoms. The predicted octanol–water partition coefficient (Wildman–Crippen LogP) is 1.55. The first-order valence-corrected chi connectivity index (χ1v) is 4.54. The summed E-state index contributed by atoms with van der Waals surface area (Å²) in [6.07, 6.45) is 4.77. The topological polar surface area (TPSA) is 50.7 Å². The van der Waals surface area contributed by atoms with E-state index < -0.39 is 0 Å². The van der Waals surface area contributed by atoms with Gasteiger partial charge in [0.15, 0.2) is 0 Å². The van der Waals surface area contributed by atoms with E-state index in [4.69, 9.17) is 5.73 Å². The van der Waals surface area contributed by atoms with Crippen LogP contribution in [0.25, 0.3) is 0 Å². The predicted molar refractivity (Wildman–Crippen MR) is 58.1 cm³/mol. The van der Waals surface area contributed by atoms with Gasteiger partial charge in [-0.2, -0.15) is 5.10 Å². The van der Waals surface area contributed by atoms with Crippen molar-refractivity contribution in [1.29, 1.82) is 0 Å². The average molecular weight is 178 g/mol. The molecule has 3 radical (unpaired) electrons. The van der Waals surface area contributed by atoms with Crippen LogP contribution in [0.1, 0.15) is 39.5 Å². The van der Waals surface area contributed by atoms with E-state index in [9.17, 15) is 0 Å². The van der Waals surface area contributed by atoms with Gasteiger partial charge in [0.2, 0.25) is 0 Å². The van der Waals surface area contributed by atoms with Crippen LogP contribution < -0.4 is 5.73 Å². The van der Waals surface area contributed by atoms with Crippen LogP contribution in [0.3, 0.4) is 0 Å². The summed E-state index contributed by atoms with van der Waals surface area (Å²) >= 11 is 0. The molecular weight excluding hydrogens is 161 g/mol. The third kappa shape index (κ3) is 4.71. The van der Waals surface area contributed by atoms with Crippen molar-refractivity contribution in [3.63, 3.8) is 0 Å². The number of rotatable bonds is 1. The minimum atomic E-state index is 0. The van der Waals surface area contributed by atoms with Crippen molar-refractivity contribution in [2.45, 2.75) is 39.5 Å². The van der Waals surface area contributed by atoms with Crippen molar-refractivity contribution in [2.24, 2.45) is 21.9 Å². The minimum absolute atomic E-state index is 0. The average Bonchev–Trinajstić information content (AvgIpc) is 2.01. The van der Waals surface area contributed by atoms with Crippen molar-refractivity contribution in [3.8, 4) is 0 Å². The fraction of sp³-hybridized carbons (Fsp3) is 0.778. The molecule has 1 rings (SSSR count). The number of hydrogen-bond donors (Lipinski definition) is 1. The molecule has 1 unspecified atom stereocenters. The second kappa shape index (κ2) is 5.78. The van der Waals surface area contributed by atoms with Gasteiger partial charge in [-0.15, -0.1) is 5.10 Å². The Balaban J connectivity index is 0.00000144. The van der Waals surface area contributed by atoms with Crippen LogP contribution >= 0.6 is 0 Å². The molecule has 3 nitrogen and oxygen atoms in total. The molecule has 71 valence electrons. The van der Waals surface area contributed by atoms with E-state index in [0.717, 1.165) is 18.8 Å². The highest BCUT2D eigenvalue weighted by molar-refractivity contribution is 5.86. The fourth-order valence-corrected chi connectivity index (χ4v) is 1.50. The van der Waals surface area contributed by atoms with Crippen LogP contribution in [0.5, 0.6) is 0 Å². The second-order valence-corrected chi connectivity index (χ2v) is 3.61. The Morgan fingerprint density at radius 3 is 2.77 bits per heavy atom. The molecule has 1 aliphatic carbocycles. The maximum atomic E-state index is 5.39. The molecule has 0 saturated heterocycles. The maximum Gasteiger partial charge on any atom is 0.119 e. The highest BCUT2D eigenvalue weighted by Gasteiger charge is 2.13. The first kappa shape index (κ1) is 12.2. The van der Waals surface area contributed by atoms with Crippen LogP contribution in [0, 0.1) is 5.92 Å². The Hall–Kier alpha value is -0.795. The molecule has 1 saturated carbocycles. The molecule has 2 N–H and O–H groups in total. The van der Waals surface area contributed by atoms with E-state index in [0.29, 0.717) is 5.84 Å². The minimum Gasteiger partial charge on any atom is -0.386 e. The molecule has 1 aliphatic rings.